The molecule has 0 aliphatic carbocycles. The second-order valence-electron chi connectivity index (χ2n) is 2.08. The van der Waals surface area contributed by atoms with E-state index in [0.717, 1.165) is 0 Å². The van der Waals surface area contributed by atoms with Crippen molar-refractivity contribution >= 4 is 21.9 Å². The molecule has 0 aliphatic heterocycles. The minimum Gasteiger partial charge on any atom is -0.418 e. The highest BCUT2D eigenvalue weighted by molar-refractivity contribution is 9.12. The molecule has 6 heteroatoms. The third-order valence-electron chi connectivity index (χ3n) is 0.904. The van der Waals surface area contributed by atoms with Gasteiger partial charge in [0.15, 0.2) is 0 Å². The van der Waals surface area contributed by atoms with E-state index in [1.54, 1.807) is 0 Å². The lowest BCUT2D eigenvalue weighted by Gasteiger charge is -2.18. The van der Waals surface area contributed by atoms with Gasteiger partial charge in [0, 0.05) is 6.92 Å². The third-order valence-corrected chi connectivity index (χ3v) is 1.23. The van der Waals surface area contributed by atoms with Crippen LogP contribution in [-0.4, -0.2) is 18.2 Å². The Morgan fingerprint density at radius 3 is 2.33 bits per heavy atom. The van der Waals surface area contributed by atoms with Crippen LogP contribution in [0.3, 0.4) is 0 Å². The normalized spacial score (nSPS) is 15.5. The summed E-state index contributed by atoms with van der Waals surface area (Å²) in [5, 5.41) is 0. The topological polar surface area (TPSA) is 26.3 Å². The van der Waals surface area contributed by atoms with Gasteiger partial charge in [-0.3, -0.25) is 0 Å². The van der Waals surface area contributed by atoms with E-state index in [-0.39, 0.29) is 4.48 Å². The maximum atomic E-state index is 12.6. The van der Waals surface area contributed by atoms with Crippen LogP contribution in [0.15, 0.2) is 11.1 Å². The van der Waals surface area contributed by atoms with Gasteiger partial charge in [-0.15, -0.1) is 0 Å². The van der Waals surface area contributed by atoms with Crippen LogP contribution in [0.25, 0.3) is 0 Å². The van der Waals surface area contributed by atoms with Crippen molar-refractivity contribution in [3.63, 3.8) is 0 Å². The van der Waals surface area contributed by atoms with E-state index in [4.69, 9.17) is 0 Å². The van der Waals surface area contributed by atoms with Crippen molar-refractivity contribution < 1.29 is 22.7 Å². The lowest BCUT2D eigenvalue weighted by molar-refractivity contribution is -0.208. The Kier molecular flexibility index (Phi) is 3.76. The summed E-state index contributed by atoms with van der Waals surface area (Å²) in [6.07, 6.45) is -3.38. The average Bonchev–Trinajstić information content (AvgIpc) is 1.85. The third kappa shape index (κ3) is 3.25. The molecule has 0 radical (unpaired) electrons. The molecule has 70 valence electrons. The van der Waals surface area contributed by atoms with Crippen molar-refractivity contribution in [1.82, 2.24) is 0 Å². The molecule has 0 amide bonds. The van der Waals surface area contributed by atoms with Crippen molar-refractivity contribution in [2.24, 2.45) is 0 Å². The number of carbonyl (C=O) groups is 1. The Morgan fingerprint density at radius 2 is 2.08 bits per heavy atom. The molecule has 1 unspecified atom stereocenters. The van der Waals surface area contributed by atoms with E-state index in [0.29, 0.717) is 6.92 Å². The quantitative estimate of drug-likeness (QED) is 0.565. The van der Waals surface area contributed by atoms with Gasteiger partial charge < -0.3 is 4.74 Å². The van der Waals surface area contributed by atoms with Crippen molar-refractivity contribution in [3.05, 3.63) is 11.1 Å². The van der Waals surface area contributed by atoms with E-state index in [9.17, 15) is 18.0 Å². The zero-order chi connectivity index (χ0) is 9.94. The van der Waals surface area contributed by atoms with Gasteiger partial charge in [0.1, 0.15) is 0 Å². The van der Waals surface area contributed by atoms with Gasteiger partial charge in [0.2, 0.25) is 0 Å². The molecule has 0 fully saturated rings. The Labute approximate surface area is 75.5 Å². The van der Waals surface area contributed by atoms with E-state index >= 15 is 0 Å². The van der Waals surface area contributed by atoms with Crippen LogP contribution < -0.4 is 0 Å². The molecule has 0 heterocycles. The van der Waals surface area contributed by atoms with E-state index < -0.39 is 18.2 Å². The van der Waals surface area contributed by atoms with Gasteiger partial charge in [0.05, 0.1) is 4.48 Å². The van der Waals surface area contributed by atoms with Gasteiger partial charge >= 0.3 is 18.2 Å². The molecule has 0 spiro atoms. The van der Waals surface area contributed by atoms with Crippen molar-refractivity contribution in [1.29, 1.82) is 0 Å². The summed E-state index contributed by atoms with van der Waals surface area (Å²) in [5.74, 6) is -4.52. The fourth-order valence-corrected chi connectivity index (χ4v) is 0.362. The zero-order valence-electron chi connectivity index (χ0n) is 6.11. The molecule has 0 aliphatic rings. The highest BCUT2D eigenvalue weighted by Crippen LogP contribution is 2.23. The van der Waals surface area contributed by atoms with Crippen LogP contribution in [0.5, 0.6) is 0 Å². The molecule has 0 aromatic heterocycles. The fraction of sp³-hybridized carbons (Fsp3) is 0.500. The monoisotopic (exact) mass is 246 g/mol. The Balaban J connectivity index is 4.25. The largest absolute Gasteiger partial charge is 0.418 e. The summed E-state index contributed by atoms with van der Waals surface area (Å²) >= 11 is 2.56. The first-order chi connectivity index (χ1) is 5.27. The molecule has 12 heavy (non-hydrogen) atoms. The van der Waals surface area contributed by atoms with E-state index in [1.807, 2.05) is 0 Å². The Hall–Kier alpha value is -0.520. The van der Waals surface area contributed by atoms with Gasteiger partial charge in [-0.2, -0.15) is 4.39 Å². The summed E-state index contributed by atoms with van der Waals surface area (Å²) in [5.41, 5.74) is 0. The number of alkyl halides is 3. The summed E-state index contributed by atoms with van der Waals surface area (Å²) in [4.78, 5) is 10.5. The number of rotatable bonds is 3. The van der Waals surface area contributed by atoms with Crippen molar-refractivity contribution in [2.75, 3.05) is 0 Å². The molecule has 0 aromatic rings. The number of ether oxygens (including phenoxy) is 1. The second kappa shape index (κ2) is 3.93. The molecule has 0 saturated carbocycles. The molecule has 0 bridgehead atoms. The second-order valence-corrected chi connectivity index (χ2v) is 3.04. The molecular weight excluding hydrogens is 241 g/mol. The summed E-state index contributed by atoms with van der Waals surface area (Å²) in [6, 6.07) is 0. The number of hydrogen-bond acceptors (Lipinski definition) is 2. The lowest BCUT2D eigenvalue weighted by atomic mass is 10.4. The van der Waals surface area contributed by atoms with Crippen LogP contribution >= 0.6 is 15.9 Å². The lowest BCUT2D eigenvalue weighted by Crippen LogP contribution is -2.34. The van der Waals surface area contributed by atoms with Gasteiger partial charge in [-0.05, 0) is 15.9 Å². The minimum atomic E-state index is -3.38. The van der Waals surface area contributed by atoms with Crippen LogP contribution in [0, 0.1) is 0 Å². The summed E-state index contributed by atoms with van der Waals surface area (Å²) in [7, 11) is 0. The first kappa shape index (κ1) is 11.5. The number of carbonyl (C=O) groups excluding carboxylic acids is 1. The summed E-state index contributed by atoms with van der Waals surface area (Å²) in [6.45, 7) is 3.49. The first-order valence-electron chi connectivity index (χ1n) is 2.82. The Morgan fingerprint density at radius 1 is 1.67 bits per heavy atom. The number of hydrogen-bond donors (Lipinski definition) is 0. The standard InChI is InChI=1S/C6H6BrF3O2/c1-3(7)4(11)12-6(2,10)5(8)9/h5H,1H2,2H3. The highest BCUT2D eigenvalue weighted by atomic mass is 79.9. The van der Waals surface area contributed by atoms with Crippen molar-refractivity contribution in [3.8, 4) is 0 Å². The highest BCUT2D eigenvalue weighted by Gasteiger charge is 2.39. The molecule has 2 nitrogen and oxygen atoms in total. The van der Waals surface area contributed by atoms with E-state index in [1.165, 1.54) is 0 Å². The summed E-state index contributed by atoms with van der Waals surface area (Å²) < 4.78 is 39.5. The molecular formula is C6H6BrF3O2. The first-order valence-corrected chi connectivity index (χ1v) is 3.61. The number of halogens is 4. The number of esters is 1. The van der Waals surface area contributed by atoms with Crippen LogP contribution in [0.1, 0.15) is 6.92 Å². The van der Waals surface area contributed by atoms with Crippen LogP contribution in [0.4, 0.5) is 13.2 Å². The fourth-order valence-electron chi connectivity index (χ4n) is 0.281. The molecule has 0 aromatic carbocycles. The van der Waals surface area contributed by atoms with Gasteiger partial charge in [-0.25, -0.2) is 13.6 Å². The predicted molar refractivity (Wildman–Crippen MR) is 39.7 cm³/mol. The SMILES string of the molecule is C=C(Br)C(=O)OC(C)(F)C(F)F. The molecule has 0 saturated heterocycles. The van der Waals surface area contributed by atoms with Gasteiger partial charge in [-0.1, -0.05) is 6.58 Å². The maximum Gasteiger partial charge on any atom is 0.347 e. The predicted octanol–water partition coefficient (Wildman–Crippen LogP) is 2.39. The average molecular weight is 247 g/mol. The molecule has 0 N–H and O–H groups in total. The van der Waals surface area contributed by atoms with E-state index in [2.05, 4.69) is 27.2 Å². The Bertz CT molecular complexity index is 203. The van der Waals surface area contributed by atoms with Crippen LogP contribution in [0.2, 0.25) is 0 Å². The zero-order valence-corrected chi connectivity index (χ0v) is 7.70. The van der Waals surface area contributed by atoms with Crippen molar-refractivity contribution in [2.45, 2.75) is 19.2 Å². The smallest absolute Gasteiger partial charge is 0.347 e. The van der Waals surface area contributed by atoms with Crippen LogP contribution in [-0.2, 0) is 9.53 Å². The maximum absolute atomic E-state index is 12.6. The minimum absolute atomic E-state index is 0.313. The van der Waals surface area contributed by atoms with Gasteiger partial charge in [0.25, 0.3) is 0 Å². The molecule has 1 atom stereocenters. The molecule has 0 rings (SSSR count).